The van der Waals surface area contributed by atoms with E-state index in [1.807, 2.05) is 13.0 Å². The van der Waals surface area contributed by atoms with Crippen molar-refractivity contribution in [1.29, 1.82) is 0 Å². The van der Waals surface area contributed by atoms with Gasteiger partial charge in [0.25, 0.3) is 5.91 Å². The molecular weight excluding hydrogens is 254 g/mol. The second kappa shape index (κ2) is 5.22. The summed E-state index contributed by atoms with van der Waals surface area (Å²) in [5.41, 5.74) is 3.00. The zero-order chi connectivity index (χ0) is 14.3. The molecule has 110 valence electrons. The third kappa shape index (κ3) is 2.47. The molecule has 0 bridgehead atoms. The van der Waals surface area contributed by atoms with Crippen molar-refractivity contribution in [3.05, 3.63) is 23.0 Å². The Labute approximate surface area is 119 Å². The SMILES string of the molecule is Cc1cc(C(=O)NCC2CNCC2O)c(C)n1C1CC1. The summed E-state index contributed by atoms with van der Waals surface area (Å²) in [4.78, 5) is 12.3. The molecule has 0 radical (unpaired) electrons. The standard InChI is InChI=1S/C15H23N3O2/c1-9-5-13(10(2)18(9)12-3-4-12)15(20)17-7-11-6-16-8-14(11)19/h5,11-12,14,16,19H,3-4,6-8H2,1-2H3,(H,17,20). The zero-order valence-corrected chi connectivity index (χ0v) is 12.1. The van der Waals surface area contributed by atoms with Gasteiger partial charge in [-0.2, -0.15) is 0 Å². The molecule has 1 aromatic rings. The summed E-state index contributed by atoms with van der Waals surface area (Å²) in [7, 11) is 0. The Morgan fingerprint density at radius 1 is 1.45 bits per heavy atom. The molecule has 20 heavy (non-hydrogen) atoms. The van der Waals surface area contributed by atoms with Crippen molar-refractivity contribution < 1.29 is 9.90 Å². The number of hydrogen-bond acceptors (Lipinski definition) is 3. The third-order valence-electron chi connectivity index (χ3n) is 4.47. The predicted molar refractivity (Wildman–Crippen MR) is 76.9 cm³/mol. The van der Waals surface area contributed by atoms with Crippen LogP contribution in [0.5, 0.6) is 0 Å². The fraction of sp³-hybridized carbons (Fsp3) is 0.667. The number of carbonyl (C=O) groups excluding carboxylic acids is 1. The highest BCUT2D eigenvalue weighted by Crippen LogP contribution is 2.38. The van der Waals surface area contributed by atoms with Gasteiger partial charge in [-0.3, -0.25) is 4.79 Å². The highest BCUT2D eigenvalue weighted by molar-refractivity contribution is 5.95. The Balaban J connectivity index is 1.66. The molecule has 2 heterocycles. The van der Waals surface area contributed by atoms with Crippen LogP contribution in [0.2, 0.25) is 0 Å². The van der Waals surface area contributed by atoms with Gasteiger partial charge in [-0.05, 0) is 32.8 Å². The lowest BCUT2D eigenvalue weighted by atomic mass is 10.1. The molecule has 2 unspecified atom stereocenters. The number of carbonyl (C=O) groups is 1. The van der Waals surface area contributed by atoms with E-state index < -0.39 is 0 Å². The molecule has 1 aliphatic heterocycles. The average Bonchev–Trinajstić information content (AvgIpc) is 3.08. The number of aryl methyl sites for hydroxylation is 1. The molecule has 1 amide bonds. The van der Waals surface area contributed by atoms with E-state index in [2.05, 4.69) is 22.1 Å². The Morgan fingerprint density at radius 2 is 2.20 bits per heavy atom. The van der Waals surface area contributed by atoms with E-state index in [1.54, 1.807) is 0 Å². The highest BCUT2D eigenvalue weighted by atomic mass is 16.3. The van der Waals surface area contributed by atoms with Crippen LogP contribution in [0.4, 0.5) is 0 Å². The normalized spacial score (nSPS) is 25.9. The van der Waals surface area contributed by atoms with Crippen LogP contribution in [0, 0.1) is 19.8 Å². The summed E-state index contributed by atoms with van der Waals surface area (Å²) in [6.07, 6.45) is 2.09. The predicted octanol–water partition coefficient (Wildman–Crippen LogP) is 0.750. The van der Waals surface area contributed by atoms with Crippen molar-refractivity contribution in [2.45, 2.75) is 38.8 Å². The number of amides is 1. The van der Waals surface area contributed by atoms with Crippen molar-refractivity contribution in [3.63, 3.8) is 0 Å². The smallest absolute Gasteiger partial charge is 0.253 e. The number of aliphatic hydroxyl groups is 1. The number of rotatable bonds is 4. The average molecular weight is 277 g/mol. The summed E-state index contributed by atoms with van der Waals surface area (Å²) < 4.78 is 2.28. The van der Waals surface area contributed by atoms with Crippen molar-refractivity contribution >= 4 is 5.91 Å². The van der Waals surface area contributed by atoms with E-state index in [9.17, 15) is 9.90 Å². The van der Waals surface area contributed by atoms with Crippen LogP contribution in [-0.4, -0.2) is 41.3 Å². The van der Waals surface area contributed by atoms with Crippen molar-refractivity contribution in [3.8, 4) is 0 Å². The largest absolute Gasteiger partial charge is 0.391 e. The molecule has 0 spiro atoms. The van der Waals surface area contributed by atoms with Gasteiger partial charge in [-0.15, -0.1) is 0 Å². The van der Waals surface area contributed by atoms with Crippen LogP contribution in [0.3, 0.4) is 0 Å². The van der Waals surface area contributed by atoms with Gasteiger partial charge in [0.15, 0.2) is 0 Å². The Morgan fingerprint density at radius 3 is 2.80 bits per heavy atom. The number of nitrogens with one attached hydrogen (secondary N) is 2. The van der Waals surface area contributed by atoms with Gasteiger partial charge in [-0.1, -0.05) is 0 Å². The minimum absolute atomic E-state index is 0.0240. The van der Waals surface area contributed by atoms with Crippen LogP contribution in [0.25, 0.3) is 0 Å². The molecule has 2 atom stereocenters. The van der Waals surface area contributed by atoms with Gasteiger partial charge in [0.2, 0.25) is 0 Å². The highest BCUT2D eigenvalue weighted by Gasteiger charge is 2.29. The molecule has 3 rings (SSSR count). The fourth-order valence-corrected chi connectivity index (χ4v) is 3.15. The van der Waals surface area contributed by atoms with Gasteiger partial charge >= 0.3 is 0 Å². The van der Waals surface area contributed by atoms with E-state index in [4.69, 9.17) is 0 Å². The topological polar surface area (TPSA) is 66.3 Å². The Kier molecular flexibility index (Phi) is 3.56. The minimum atomic E-state index is -0.353. The van der Waals surface area contributed by atoms with Crippen LogP contribution in [0.15, 0.2) is 6.07 Å². The number of aliphatic hydroxyl groups excluding tert-OH is 1. The molecule has 5 heteroatoms. The lowest BCUT2D eigenvalue weighted by Gasteiger charge is -2.14. The van der Waals surface area contributed by atoms with Crippen LogP contribution < -0.4 is 10.6 Å². The summed E-state index contributed by atoms with van der Waals surface area (Å²) >= 11 is 0. The van der Waals surface area contributed by atoms with Crippen molar-refractivity contribution in [2.24, 2.45) is 5.92 Å². The van der Waals surface area contributed by atoms with Gasteiger partial charge in [0, 0.05) is 43.0 Å². The summed E-state index contributed by atoms with van der Waals surface area (Å²) in [6.45, 7) is 6.00. The molecule has 5 nitrogen and oxygen atoms in total. The molecule has 2 aliphatic rings. The quantitative estimate of drug-likeness (QED) is 0.761. The Bertz CT molecular complexity index is 519. The second-order valence-electron chi connectivity index (χ2n) is 6.08. The fourth-order valence-electron chi connectivity index (χ4n) is 3.15. The van der Waals surface area contributed by atoms with E-state index in [1.165, 1.54) is 12.8 Å². The monoisotopic (exact) mass is 277 g/mol. The summed E-state index contributed by atoms with van der Waals surface area (Å²) in [6, 6.07) is 2.57. The van der Waals surface area contributed by atoms with Gasteiger partial charge in [0.1, 0.15) is 0 Å². The summed E-state index contributed by atoms with van der Waals surface area (Å²) in [5.74, 6) is 0.0926. The lowest BCUT2D eigenvalue weighted by Crippen LogP contribution is -2.34. The molecule has 1 saturated heterocycles. The molecule has 3 N–H and O–H groups in total. The van der Waals surface area contributed by atoms with Gasteiger partial charge in [-0.25, -0.2) is 0 Å². The first-order valence-electron chi connectivity index (χ1n) is 7.43. The van der Waals surface area contributed by atoms with E-state index in [0.717, 1.165) is 23.5 Å². The van der Waals surface area contributed by atoms with Crippen molar-refractivity contribution in [2.75, 3.05) is 19.6 Å². The number of hydrogen-bond donors (Lipinski definition) is 3. The van der Waals surface area contributed by atoms with Gasteiger partial charge in [0.05, 0.1) is 11.7 Å². The molecule has 1 saturated carbocycles. The molecule has 0 aromatic carbocycles. The minimum Gasteiger partial charge on any atom is -0.391 e. The molecule has 1 aromatic heterocycles. The summed E-state index contributed by atoms with van der Waals surface area (Å²) in [5, 5.41) is 15.8. The van der Waals surface area contributed by atoms with E-state index in [-0.39, 0.29) is 17.9 Å². The second-order valence-corrected chi connectivity index (χ2v) is 6.08. The third-order valence-corrected chi connectivity index (χ3v) is 4.47. The van der Waals surface area contributed by atoms with E-state index in [0.29, 0.717) is 19.1 Å². The first-order valence-corrected chi connectivity index (χ1v) is 7.43. The number of aromatic nitrogens is 1. The van der Waals surface area contributed by atoms with Gasteiger partial charge < -0.3 is 20.3 Å². The Hall–Kier alpha value is -1.33. The number of β-amino-alcohol motifs (C(OH)–C–C–N with tert-alkyl or cyclic N) is 1. The lowest BCUT2D eigenvalue weighted by molar-refractivity contribution is 0.0926. The maximum absolute atomic E-state index is 12.3. The van der Waals surface area contributed by atoms with E-state index >= 15 is 0 Å². The van der Waals surface area contributed by atoms with Crippen LogP contribution in [0.1, 0.15) is 40.6 Å². The number of nitrogens with zero attached hydrogens (tertiary/aromatic N) is 1. The first kappa shape index (κ1) is 13.6. The molecular formula is C15H23N3O2. The van der Waals surface area contributed by atoms with Crippen LogP contribution in [-0.2, 0) is 0 Å². The maximum Gasteiger partial charge on any atom is 0.253 e. The molecule has 1 aliphatic carbocycles. The maximum atomic E-state index is 12.3. The molecule has 2 fully saturated rings. The van der Waals surface area contributed by atoms with Crippen molar-refractivity contribution in [1.82, 2.24) is 15.2 Å². The first-order chi connectivity index (χ1) is 9.58. The zero-order valence-electron chi connectivity index (χ0n) is 12.1. The van der Waals surface area contributed by atoms with Crippen LogP contribution >= 0.6 is 0 Å².